The lowest BCUT2D eigenvalue weighted by Gasteiger charge is -2.18. The van der Waals surface area contributed by atoms with Gasteiger partial charge in [0.25, 0.3) is 0 Å². The van der Waals surface area contributed by atoms with Crippen LogP contribution in [-0.2, 0) is 9.53 Å². The molecule has 5 nitrogen and oxygen atoms in total. The summed E-state index contributed by atoms with van der Waals surface area (Å²) < 4.78 is 4.77. The summed E-state index contributed by atoms with van der Waals surface area (Å²) in [6.07, 6.45) is -4.10. The summed E-state index contributed by atoms with van der Waals surface area (Å²) in [6.45, 7) is 2.04. The largest absolute Gasteiger partial charge is 0.388 e. The molecule has 0 saturated carbocycles. The predicted molar refractivity (Wildman–Crippen MR) is 40.6 cm³/mol. The molecule has 5 heteroatoms. The number of rotatable bonds is 6. The van der Waals surface area contributed by atoms with E-state index in [2.05, 4.69) is 0 Å². The van der Waals surface area contributed by atoms with Crippen molar-refractivity contribution in [3.63, 3.8) is 0 Å². The highest BCUT2D eigenvalue weighted by Crippen LogP contribution is 1.98. The van der Waals surface area contributed by atoms with Crippen molar-refractivity contribution >= 4 is 6.29 Å². The van der Waals surface area contributed by atoms with E-state index in [9.17, 15) is 4.79 Å². The highest BCUT2D eigenvalue weighted by atomic mass is 16.5. The lowest BCUT2D eigenvalue weighted by molar-refractivity contribution is -0.129. The first-order valence-electron chi connectivity index (χ1n) is 3.70. The van der Waals surface area contributed by atoms with Crippen LogP contribution in [0.1, 0.15) is 6.92 Å². The van der Waals surface area contributed by atoms with E-state index in [-0.39, 0.29) is 12.9 Å². The monoisotopic (exact) mass is 178 g/mol. The van der Waals surface area contributed by atoms with Gasteiger partial charge in [0.1, 0.15) is 18.3 Å². The van der Waals surface area contributed by atoms with Crippen molar-refractivity contribution in [1.29, 1.82) is 0 Å². The Hall–Kier alpha value is -0.490. The molecule has 0 aromatic rings. The summed E-state index contributed by atoms with van der Waals surface area (Å²) in [5.74, 6) is 0. The van der Waals surface area contributed by atoms with E-state index in [4.69, 9.17) is 20.1 Å². The minimum atomic E-state index is -1.56. The topological polar surface area (TPSA) is 87.0 Å². The standard InChI is InChI=1S/C7H14O5/c1-2-12-4-6(10)7(11)5(9)3-8/h3,5-7,9-11H,2,4H2,1H3/t5-,6+,7-/m0/s1. The molecule has 0 aliphatic heterocycles. The molecule has 0 spiro atoms. The number of aliphatic hydroxyl groups is 3. The normalized spacial score (nSPS) is 18.3. The quantitative estimate of drug-likeness (QED) is 0.422. The van der Waals surface area contributed by atoms with E-state index in [1.54, 1.807) is 6.92 Å². The molecule has 0 fully saturated rings. The van der Waals surface area contributed by atoms with E-state index in [1.807, 2.05) is 0 Å². The first-order valence-corrected chi connectivity index (χ1v) is 3.70. The van der Waals surface area contributed by atoms with Crippen LogP contribution in [0.15, 0.2) is 0 Å². The maximum atomic E-state index is 9.96. The highest BCUT2D eigenvalue weighted by Gasteiger charge is 2.23. The number of ether oxygens (including phenoxy) is 1. The molecule has 0 unspecified atom stereocenters. The van der Waals surface area contributed by atoms with Crippen molar-refractivity contribution in [1.82, 2.24) is 0 Å². The second-order valence-corrected chi connectivity index (χ2v) is 2.34. The molecular formula is C7H14O5. The van der Waals surface area contributed by atoms with Gasteiger partial charge in [-0.2, -0.15) is 0 Å². The minimum Gasteiger partial charge on any atom is -0.388 e. The Morgan fingerprint density at radius 1 is 1.42 bits per heavy atom. The lowest BCUT2D eigenvalue weighted by atomic mass is 10.1. The van der Waals surface area contributed by atoms with Crippen LogP contribution >= 0.6 is 0 Å². The number of hydrogen-bond donors (Lipinski definition) is 3. The molecule has 0 aliphatic rings. The Balaban J connectivity index is 3.74. The van der Waals surface area contributed by atoms with Gasteiger partial charge in [-0.3, -0.25) is 0 Å². The van der Waals surface area contributed by atoms with Gasteiger partial charge in [-0.05, 0) is 6.92 Å². The summed E-state index contributed by atoms with van der Waals surface area (Å²) in [5, 5.41) is 26.8. The molecule has 12 heavy (non-hydrogen) atoms. The summed E-state index contributed by atoms with van der Waals surface area (Å²) in [6, 6.07) is 0. The van der Waals surface area contributed by atoms with Crippen molar-refractivity contribution in [3.8, 4) is 0 Å². The van der Waals surface area contributed by atoms with E-state index in [0.29, 0.717) is 6.61 Å². The van der Waals surface area contributed by atoms with Crippen LogP contribution in [-0.4, -0.2) is 53.1 Å². The Kier molecular flexibility index (Phi) is 5.83. The van der Waals surface area contributed by atoms with Gasteiger partial charge in [-0.1, -0.05) is 0 Å². The van der Waals surface area contributed by atoms with E-state index in [1.165, 1.54) is 0 Å². The van der Waals surface area contributed by atoms with Crippen LogP contribution in [0.3, 0.4) is 0 Å². The maximum Gasteiger partial charge on any atom is 0.151 e. The molecule has 0 amide bonds. The third-order valence-corrected chi connectivity index (χ3v) is 1.38. The van der Waals surface area contributed by atoms with Gasteiger partial charge < -0.3 is 24.9 Å². The third-order valence-electron chi connectivity index (χ3n) is 1.38. The Morgan fingerprint density at radius 3 is 2.42 bits per heavy atom. The van der Waals surface area contributed by atoms with Crippen LogP contribution < -0.4 is 0 Å². The zero-order valence-corrected chi connectivity index (χ0v) is 6.88. The molecule has 0 aromatic heterocycles. The first kappa shape index (κ1) is 11.5. The van der Waals surface area contributed by atoms with Crippen LogP contribution in [0.5, 0.6) is 0 Å². The van der Waals surface area contributed by atoms with Crippen molar-refractivity contribution in [2.45, 2.75) is 25.2 Å². The van der Waals surface area contributed by atoms with Gasteiger partial charge in [-0.25, -0.2) is 0 Å². The first-order chi connectivity index (χ1) is 5.63. The summed E-state index contributed by atoms with van der Waals surface area (Å²) in [7, 11) is 0. The molecule has 72 valence electrons. The second kappa shape index (κ2) is 6.07. The molecule has 0 heterocycles. The Labute approximate surface area is 70.6 Å². The Bertz CT molecular complexity index is 127. The van der Waals surface area contributed by atoms with E-state index in [0.717, 1.165) is 0 Å². The van der Waals surface area contributed by atoms with Crippen molar-refractivity contribution in [3.05, 3.63) is 0 Å². The van der Waals surface area contributed by atoms with Crippen LogP contribution in [0.25, 0.3) is 0 Å². The molecule has 3 atom stereocenters. The summed E-state index contributed by atoms with van der Waals surface area (Å²) in [4.78, 5) is 9.96. The molecular weight excluding hydrogens is 164 g/mol. The fraction of sp³-hybridized carbons (Fsp3) is 0.857. The summed E-state index contributed by atoms with van der Waals surface area (Å²) >= 11 is 0. The number of hydrogen-bond acceptors (Lipinski definition) is 5. The minimum absolute atomic E-state index is 0.0947. The molecule has 0 aliphatic carbocycles. The zero-order valence-electron chi connectivity index (χ0n) is 6.88. The van der Waals surface area contributed by atoms with Crippen molar-refractivity contribution in [2.24, 2.45) is 0 Å². The van der Waals surface area contributed by atoms with Crippen molar-refractivity contribution < 1.29 is 24.9 Å². The average molecular weight is 178 g/mol. The van der Waals surface area contributed by atoms with Gasteiger partial charge in [0, 0.05) is 6.61 Å². The van der Waals surface area contributed by atoms with E-state index < -0.39 is 18.3 Å². The molecule has 0 bridgehead atoms. The fourth-order valence-electron chi connectivity index (χ4n) is 0.645. The van der Waals surface area contributed by atoms with Gasteiger partial charge in [0.15, 0.2) is 6.29 Å². The molecule has 0 rings (SSSR count). The van der Waals surface area contributed by atoms with Crippen LogP contribution in [0, 0.1) is 0 Å². The molecule has 0 radical (unpaired) electrons. The number of aldehydes is 1. The third kappa shape index (κ3) is 3.77. The average Bonchev–Trinajstić information content (AvgIpc) is 2.11. The molecule has 3 N–H and O–H groups in total. The lowest BCUT2D eigenvalue weighted by Crippen LogP contribution is -2.40. The SMILES string of the molecule is CCOC[C@@H](O)[C@@H](O)[C@@H](O)C=O. The molecule has 0 aromatic carbocycles. The zero-order chi connectivity index (χ0) is 9.56. The number of carbonyl (C=O) groups excluding carboxylic acids is 1. The van der Waals surface area contributed by atoms with Crippen LogP contribution in [0.4, 0.5) is 0 Å². The van der Waals surface area contributed by atoms with E-state index >= 15 is 0 Å². The van der Waals surface area contributed by atoms with Crippen molar-refractivity contribution in [2.75, 3.05) is 13.2 Å². The Morgan fingerprint density at radius 2 is 2.00 bits per heavy atom. The number of aliphatic hydroxyl groups excluding tert-OH is 3. The van der Waals surface area contributed by atoms with Gasteiger partial charge in [0.2, 0.25) is 0 Å². The van der Waals surface area contributed by atoms with Gasteiger partial charge in [0.05, 0.1) is 6.61 Å². The van der Waals surface area contributed by atoms with Gasteiger partial charge in [-0.15, -0.1) is 0 Å². The van der Waals surface area contributed by atoms with Crippen LogP contribution in [0.2, 0.25) is 0 Å². The maximum absolute atomic E-state index is 9.96. The smallest absolute Gasteiger partial charge is 0.151 e. The predicted octanol–water partition coefficient (Wildman–Crippen LogP) is -1.70. The van der Waals surface area contributed by atoms with Gasteiger partial charge >= 0.3 is 0 Å². The molecule has 0 saturated heterocycles. The number of carbonyl (C=O) groups is 1. The summed E-state index contributed by atoms with van der Waals surface area (Å²) in [5.41, 5.74) is 0. The fourth-order valence-corrected chi connectivity index (χ4v) is 0.645. The highest BCUT2D eigenvalue weighted by molar-refractivity contribution is 5.56. The second-order valence-electron chi connectivity index (χ2n) is 2.34.